The summed E-state index contributed by atoms with van der Waals surface area (Å²) in [6.07, 6.45) is 12.4. The van der Waals surface area contributed by atoms with Crippen LogP contribution in [0.1, 0.15) is 44.3 Å². The normalized spacial score (nSPS) is 17.8. The fourth-order valence-electron chi connectivity index (χ4n) is 2.85. The lowest BCUT2D eigenvalue weighted by atomic mass is 10.2. The number of aliphatic imine (C=N–C) groups is 1. The maximum absolute atomic E-state index is 5.67. The Morgan fingerprint density at radius 2 is 2.12 bits per heavy atom. The standard InChI is InChI=1S/C19H33N3O2S/c1-25-15-5-3-2-4-11-20-19(22-16-18-9-7-14-24-18)21-12-10-17-8-6-13-23-17/h6,8,13,18H,2-5,7,9-12,14-16H2,1H3,(H2,20,21,22). The molecular weight excluding hydrogens is 334 g/mol. The van der Waals surface area contributed by atoms with Gasteiger partial charge in [-0.1, -0.05) is 12.8 Å². The van der Waals surface area contributed by atoms with Crippen molar-refractivity contribution in [3.8, 4) is 0 Å². The van der Waals surface area contributed by atoms with Crippen molar-refractivity contribution in [2.45, 2.75) is 51.0 Å². The molecule has 1 unspecified atom stereocenters. The number of hydrogen-bond donors (Lipinski definition) is 2. The molecule has 1 aliphatic rings. The Bertz CT molecular complexity index is 459. The molecule has 25 heavy (non-hydrogen) atoms. The third-order valence-electron chi connectivity index (χ3n) is 4.29. The lowest BCUT2D eigenvalue weighted by Crippen LogP contribution is -2.39. The van der Waals surface area contributed by atoms with Gasteiger partial charge in [0.15, 0.2) is 5.96 Å². The number of nitrogens with one attached hydrogen (secondary N) is 2. The van der Waals surface area contributed by atoms with Gasteiger partial charge in [0, 0.05) is 26.1 Å². The Kier molecular flexibility index (Phi) is 10.6. The smallest absolute Gasteiger partial charge is 0.191 e. The summed E-state index contributed by atoms with van der Waals surface area (Å²) in [6, 6.07) is 3.93. The van der Waals surface area contributed by atoms with E-state index in [9.17, 15) is 0 Å². The van der Waals surface area contributed by atoms with Gasteiger partial charge in [0.2, 0.25) is 0 Å². The van der Waals surface area contributed by atoms with E-state index in [0.717, 1.165) is 57.2 Å². The number of guanidine groups is 1. The van der Waals surface area contributed by atoms with Crippen LogP contribution in [0.4, 0.5) is 0 Å². The molecule has 2 rings (SSSR count). The molecule has 1 aromatic rings. The number of hydrogen-bond acceptors (Lipinski definition) is 4. The number of furan rings is 1. The van der Waals surface area contributed by atoms with Crippen LogP contribution in [0, 0.1) is 0 Å². The van der Waals surface area contributed by atoms with Crippen LogP contribution in [-0.4, -0.2) is 50.3 Å². The van der Waals surface area contributed by atoms with Crippen LogP contribution in [-0.2, 0) is 11.2 Å². The minimum absolute atomic E-state index is 0.287. The van der Waals surface area contributed by atoms with Crippen molar-refractivity contribution in [1.29, 1.82) is 0 Å². The Morgan fingerprint density at radius 3 is 2.88 bits per heavy atom. The predicted octanol–water partition coefficient (Wildman–Crippen LogP) is 3.46. The van der Waals surface area contributed by atoms with Crippen molar-refractivity contribution in [2.24, 2.45) is 4.99 Å². The lowest BCUT2D eigenvalue weighted by Gasteiger charge is -2.13. The molecule has 1 aliphatic heterocycles. The molecule has 0 aliphatic carbocycles. The molecule has 0 amide bonds. The molecule has 1 saturated heterocycles. The van der Waals surface area contributed by atoms with E-state index >= 15 is 0 Å². The topological polar surface area (TPSA) is 58.8 Å². The fourth-order valence-corrected chi connectivity index (χ4v) is 3.34. The third-order valence-corrected chi connectivity index (χ3v) is 4.99. The van der Waals surface area contributed by atoms with Gasteiger partial charge >= 0.3 is 0 Å². The first-order valence-electron chi connectivity index (χ1n) is 9.53. The SMILES string of the molecule is CSCCCCCCNC(=NCC1CCCO1)NCCc1ccco1. The maximum atomic E-state index is 5.67. The molecule has 5 nitrogen and oxygen atoms in total. The Morgan fingerprint density at radius 1 is 1.24 bits per heavy atom. The largest absolute Gasteiger partial charge is 0.469 e. The number of unbranched alkanes of at least 4 members (excludes halogenated alkanes) is 3. The van der Waals surface area contributed by atoms with Gasteiger partial charge in [-0.3, -0.25) is 4.99 Å². The molecular formula is C19H33N3O2S. The molecule has 6 heteroatoms. The first-order valence-corrected chi connectivity index (χ1v) is 10.9. The van der Waals surface area contributed by atoms with Gasteiger partial charge in [0.05, 0.1) is 18.9 Å². The van der Waals surface area contributed by atoms with E-state index in [1.807, 2.05) is 23.9 Å². The molecule has 142 valence electrons. The van der Waals surface area contributed by atoms with Crippen LogP contribution in [0.25, 0.3) is 0 Å². The van der Waals surface area contributed by atoms with Crippen molar-refractivity contribution in [2.75, 3.05) is 38.2 Å². The summed E-state index contributed by atoms with van der Waals surface area (Å²) < 4.78 is 11.0. The lowest BCUT2D eigenvalue weighted by molar-refractivity contribution is 0.117. The van der Waals surface area contributed by atoms with E-state index in [2.05, 4.69) is 16.9 Å². The van der Waals surface area contributed by atoms with E-state index in [0.29, 0.717) is 0 Å². The van der Waals surface area contributed by atoms with Crippen molar-refractivity contribution < 1.29 is 9.15 Å². The Balaban J connectivity index is 1.66. The number of ether oxygens (including phenoxy) is 1. The minimum atomic E-state index is 0.287. The highest BCUT2D eigenvalue weighted by molar-refractivity contribution is 7.98. The first kappa shape index (κ1) is 20.2. The molecule has 1 aromatic heterocycles. The second-order valence-corrected chi connectivity index (χ2v) is 7.40. The van der Waals surface area contributed by atoms with Crippen LogP contribution < -0.4 is 10.6 Å². The highest BCUT2D eigenvalue weighted by atomic mass is 32.2. The summed E-state index contributed by atoms with van der Waals surface area (Å²) in [7, 11) is 0. The molecule has 0 bridgehead atoms. The second-order valence-electron chi connectivity index (χ2n) is 6.41. The van der Waals surface area contributed by atoms with Gasteiger partial charge in [-0.15, -0.1) is 0 Å². The average Bonchev–Trinajstić information content (AvgIpc) is 3.32. The van der Waals surface area contributed by atoms with Crippen molar-refractivity contribution >= 4 is 17.7 Å². The highest BCUT2D eigenvalue weighted by Gasteiger charge is 2.14. The van der Waals surface area contributed by atoms with Crippen LogP contribution in [0.5, 0.6) is 0 Å². The Labute approximate surface area is 156 Å². The molecule has 0 saturated carbocycles. The molecule has 2 heterocycles. The second kappa shape index (κ2) is 13.1. The van der Waals surface area contributed by atoms with Crippen LogP contribution >= 0.6 is 11.8 Å². The summed E-state index contributed by atoms with van der Waals surface area (Å²) >= 11 is 1.93. The fraction of sp³-hybridized carbons (Fsp3) is 0.737. The van der Waals surface area contributed by atoms with Crippen LogP contribution in [0.15, 0.2) is 27.8 Å². The van der Waals surface area contributed by atoms with Crippen LogP contribution in [0.3, 0.4) is 0 Å². The van der Waals surface area contributed by atoms with Gasteiger partial charge in [0.25, 0.3) is 0 Å². The van der Waals surface area contributed by atoms with Crippen molar-refractivity contribution in [3.05, 3.63) is 24.2 Å². The number of nitrogens with zero attached hydrogens (tertiary/aromatic N) is 1. The molecule has 0 aromatic carbocycles. The summed E-state index contributed by atoms with van der Waals surface area (Å²) in [5.74, 6) is 3.17. The first-order chi connectivity index (χ1) is 12.4. The van der Waals surface area contributed by atoms with Crippen molar-refractivity contribution in [1.82, 2.24) is 10.6 Å². The van der Waals surface area contributed by atoms with E-state index in [-0.39, 0.29) is 6.10 Å². The summed E-state index contributed by atoms with van der Waals surface area (Å²) in [5, 5.41) is 6.88. The summed E-state index contributed by atoms with van der Waals surface area (Å²) in [5.41, 5.74) is 0. The van der Waals surface area contributed by atoms with Gasteiger partial charge in [-0.05, 0) is 49.8 Å². The van der Waals surface area contributed by atoms with E-state index in [1.54, 1.807) is 6.26 Å². The molecule has 2 N–H and O–H groups in total. The zero-order chi connectivity index (χ0) is 17.6. The van der Waals surface area contributed by atoms with Crippen LogP contribution in [0.2, 0.25) is 0 Å². The van der Waals surface area contributed by atoms with Gasteiger partial charge in [-0.25, -0.2) is 0 Å². The van der Waals surface area contributed by atoms with E-state index in [4.69, 9.17) is 14.1 Å². The highest BCUT2D eigenvalue weighted by Crippen LogP contribution is 2.11. The zero-order valence-electron chi connectivity index (χ0n) is 15.5. The monoisotopic (exact) mass is 367 g/mol. The predicted molar refractivity (Wildman–Crippen MR) is 107 cm³/mol. The zero-order valence-corrected chi connectivity index (χ0v) is 16.3. The third kappa shape index (κ3) is 9.21. The van der Waals surface area contributed by atoms with Gasteiger partial charge in [-0.2, -0.15) is 11.8 Å². The number of rotatable bonds is 12. The molecule has 1 atom stereocenters. The minimum Gasteiger partial charge on any atom is -0.469 e. The van der Waals surface area contributed by atoms with Gasteiger partial charge < -0.3 is 19.8 Å². The summed E-state index contributed by atoms with van der Waals surface area (Å²) in [6.45, 7) is 3.41. The Hall–Kier alpha value is -1.14. The van der Waals surface area contributed by atoms with Crippen molar-refractivity contribution in [3.63, 3.8) is 0 Å². The van der Waals surface area contributed by atoms with Gasteiger partial charge in [0.1, 0.15) is 5.76 Å². The molecule has 0 spiro atoms. The quantitative estimate of drug-likeness (QED) is 0.337. The molecule has 0 radical (unpaired) electrons. The average molecular weight is 368 g/mol. The van der Waals surface area contributed by atoms with E-state index in [1.165, 1.54) is 31.4 Å². The molecule has 1 fully saturated rings. The van der Waals surface area contributed by atoms with E-state index < -0.39 is 0 Å². The summed E-state index contributed by atoms with van der Waals surface area (Å²) in [4.78, 5) is 4.71. The number of thioether (sulfide) groups is 1. The maximum Gasteiger partial charge on any atom is 0.191 e.